The van der Waals surface area contributed by atoms with Crippen LogP contribution in [0.2, 0.25) is 0 Å². The van der Waals surface area contributed by atoms with Gasteiger partial charge in [0.1, 0.15) is 5.82 Å². The molecular formula is C15H16FN5OS2. The molecule has 0 aliphatic carbocycles. The Balaban J connectivity index is 1.64. The van der Waals surface area contributed by atoms with E-state index in [-0.39, 0.29) is 17.0 Å². The van der Waals surface area contributed by atoms with Crippen molar-refractivity contribution in [1.82, 2.24) is 20.3 Å². The molecule has 6 nitrogen and oxygen atoms in total. The third-order valence-electron chi connectivity index (χ3n) is 3.08. The van der Waals surface area contributed by atoms with E-state index in [0.29, 0.717) is 22.5 Å². The average Bonchev–Trinajstić information content (AvgIpc) is 3.17. The van der Waals surface area contributed by atoms with Gasteiger partial charge in [-0.25, -0.2) is 4.39 Å². The van der Waals surface area contributed by atoms with E-state index < -0.39 is 0 Å². The van der Waals surface area contributed by atoms with Gasteiger partial charge in [-0.3, -0.25) is 0 Å². The molecular weight excluding hydrogens is 349 g/mol. The largest absolute Gasteiger partial charge is 0.338 e. The third-order valence-corrected chi connectivity index (χ3v) is 5.09. The summed E-state index contributed by atoms with van der Waals surface area (Å²) in [6, 6.07) is 6.21. The molecule has 0 bridgehead atoms. The fourth-order valence-corrected chi connectivity index (χ4v) is 3.79. The fraction of sp³-hybridized carbons (Fsp3) is 0.333. The monoisotopic (exact) mass is 365 g/mol. The zero-order valence-corrected chi connectivity index (χ0v) is 15.0. The van der Waals surface area contributed by atoms with Crippen LogP contribution < -0.4 is 5.32 Å². The van der Waals surface area contributed by atoms with Gasteiger partial charge < -0.3 is 9.84 Å². The van der Waals surface area contributed by atoms with Crippen LogP contribution in [0.15, 0.2) is 33.1 Å². The average molecular weight is 365 g/mol. The van der Waals surface area contributed by atoms with E-state index in [9.17, 15) is 4.39 Å². The molecule has 2 aromatic heterocycles. The van der Waals surface area contributed by atoms with Crippen LogP contribution >= 0.6 is 23.1 Å². The molecule has 1 N–H and O–H groups in total. The van der Waals surface area contributed by atoms with E-state index in [4.69, 9.17) is 4.52 Å². The van der Waals surface area contributed by atoms with Gasteiger partial charge >= 0.3 is 0 Å². The highest BCUT2D eigenvalue weighted by Crippen LogP contribution is 2.37. The smallest absolute Gasteiger partial charge is 0.239 e. The quantitative estimate of drug-likeness (QED) is 0.630. The molecule has 24 heavy (non-hydrogen) atoms. The number of hydrogen-bond acceptors (Lipinski definition) is 8. The van der Waals surface area contributed by atoms with Crippen LogP contribution in [-0.4, -0.2) is 20.3 Å². The molecule has 0 saturated heterocycles. The second-order valence-corrected chi connectivity index (χ2v) is 7.98. The Morgan fingerprint density at radius 3 is 2.79 bits per heavy atom. The lowest BCUT2D eigenvalue weighted by atomic mass is 10.2. The molecule has 3 rings (SSSR count). The first-order chi connectivity index (χ1) is 11.5. The molecule has 2 heterocycles. The van der Waals surface area contributed by atoms with Crippen LogP contribution in [0.3, 0.4) is 0 Å². The summed E-state index contributed by atoms with van der Waals surface area (Å²) in [5.74, 6) is 1.19. The molecule has 126 valence electrons. The van der Waals surface area contributed by atoms with Crippen molar-refractivity contribution in [3.8, 4) is 0 Å². The first-order valence-corrected chi connectivity index (χ1v) is 9.07. The molecule has 3 aromatic rings. The van der Waals surface area contributed by atoms with E-state index in [1.165, 1.54) is 35.2 Å². The summed E-state index contributed by atoms with van der Waals surface area (Å²) in [5.41, 5.74) is 0.634. The van der Waals surface area contributed by atoms with E-state index in [1.807, 2.05) is 20.8 Å². The molecule has 0 aliphatic rings. The Kier molecular flexibility index (Phi) is 5.10. The Labute approximate surface area is 146 Å². The summed E-state index contributed by atoms with van der Waals surface area (Å²) in [6.07, 6.45) is 0. The van der Waals surface area contributed by atoms with Crippen molar-refractivity contribution >= 4 is 33.9 Å². The van der Waals surface area contributed by atoms with Crippen LogP contribution in [-0.2, 0) is 0 Å². The fourth-order valence-electron chi connectivity index (χ4n) is 1.85. The van der Waals surface area contributed by atoms with Crippen LogP contribution in [0.5, 0.6) is 0 Å². The molecule has 0 spiro atoms. The zero-order chi connectivity index (χ0) is 17.1. The standard InChI is InChI=1S/C15H16FN5OS2/c1-8(2)12-18-13(22-21-12)9(3)23-15-20-19-14(24-15)17-11-6-4-5-10(16)7-11/h4-9H,1-3H3,(H,17,19). The molecule has 9 heteroatoms. The first kappa shape index (κ1) is 16.8. The number of halogens is 1. The number of anilines is 2. The van der Waals surface area contributed by atoms with Crippen molar-refractivity contribution in [3.05, 3.63) is 41.8 Å². The van der Waals surface area contributed by atoms with E-state index in [2.05, 4.69) is 25.7 Å². The lowest BCUT2D eigenvalue weighted by Crippen LogP contribution is -1.92. The number of rotatable bonds is 6. The molecule has 0 aliphatic heterocycles. The third kappa shape index (κ3) is 4.09. The van der Waals surface area contributed by atoms with E-state index in [0.717, 1.165) is 4.34 Å². The summed E-state index contributed by atoms with van der Waals surface area (Å²) in [5, 5.41) is 15.8. The first-order valence-electron chi connectivity index (χ1n) is 7.37. The van der Waals surface area contributed by atoms with Crippen molar-refractivity contribution < 1.29 is 8.91 Å². The van der Waals surface area contributed by atoms with Gasteiger partial charge in [0.25, 0.3) is 0 Å². The van der Waals surface area contributed by atoms with Crippen LogP contribution in [0.25, 0.3) is 0 Å². The van der Waals surface area contributed by atoms with Gasteiger partial charge in [-0.15, -0.1) is 10.2 Å². The number of nitrogens with zero attached hydrogens (tertiary/aromatic N) is 4. The number of aromatic nitrogens is 4. The summed E-state index contributed by atoms with van der Waals surface area (Å²) >= 11 is 2.88. The SMILES string of the molecule is CC(C)c1noc(C(C)Sc2nnc(Nc3cccc(F)c3)s2)n1. The highest BCUT2D eigenvalue weighted by Gasteiger charge is 2.19. The summed E-state index contributed by atoms with van der Waals surface area (Å²) < 4.78 is 19.3. The minimum atomic E-state index is -0.301. The van der Waals surface area contributed by atoms with E-state index in [1.54, 1.807) is 12.1 Å². The molecule has 0 radical (unpaired) electrons. The highest BCUT2D eigenvalue weighted by atomic mass is 32.2. The Bertz CT molecular complexity index is 820. The second kappa shape index (κ2) is 7.27. The topological polar surface area (TPSA) is 76.7 Å². The van der Waals surface area contributed by atoms with Crippen LogP contribution in [0, 0.1) is 5.82 Å². The second-order valence-electron chi connectivity index (χ2n) is 5.41. The van der Waals surface area contributed by atoms with Crippen molar-refractivity contribution in [2.24, 2.45) is 0 Å². The van der Waals surface area contributed by atoms with Gasteiger partial charge in [-0.05, 0) is 25.1 Å². The predicted molar refractivity (Wildman–Crippen MR) is 92.3 cm³/mol. The van der Waals surface area contributed by atoms with Gasteiger partial charge in [-0.2, -0.15) is 4.98 Å². The normalized spacial score (nSPS) is 12.5. The maximum atomic E-state index is 13.2. The Hall–Kier alpha value is -2.00. The summed E-state index contributed by atoms with van der Waals surface area (Å²) in [4.78, 5) is 4.39. The molecule has 1 unspecified atom stereocenters. The van der Waals surface area contributed by atoms with Crippen molar-refractivity contribution in [2.45, 2.75) is 36.3 Å². The van der Waals surface area contributed by atoms with Crippen molar-refractivity contribution in [1.29, 1.82) is 0 Å². The Morgan fingerprint density at radius 2 is 2.08 bits per heavy atom. The van der Waals surface area contributed by atoms with Gasteiger partial charge in [0.15, 0.2) is 10.2 Å². The minimum Gasteiger partial charge on any atom is -0.338 e. The van der Waals surface area contributed by atoms with E-state index >= 15 is 0 Å². The summed E-state index contributed by atoms with van der Waals surface area (Å²) in [7, 11) is 0. The lowest BCUT2D eigenvalue weighted by Gasteiger charge is -2.02. The Morgan fingerprint density at radius 1 is 1.25 bits per heavy atom. The molecule has 0 saturated carbocycles. The molecule has 0 amide bonds. The maximum Gasteiger partial charge on any atom is 0.239 e. The molecule has 1 atom stereocenters. The lowest BCUT2D eigenvalue weighted by molar-refractivity contribution is 0.373. The maximum absolute atomic E-state index is 13.2. The van der Waals surface area contributed by atoms with Crippen LogP contribution in [0.4, 0.5) is 15.2 Å². The van der Waals surface area contributed by atoms with Crippen molar-refractivity contribution in [3.63, 3.8) is 0 Å². The van der Waals surface area contributed by atoms with Crippen LogP contribution in [0.1, 0.15) is 43.7 Å². The number of benzene rings is 1. The molecule has 0 fully saturated rings. The summed E-state index contributed by atoms with van der Waals surface area (Å²) in [6.45, 7) is 6.01. The van der Waals surface area contributed by atoms with Gasteiger partial charge in [0.2, 0.25) is 11.0 Å². The zero-order valence-electron chi connectivity index (χ0n) is 13.4. The van der Waals surface area contributed by atoms with Crippen molar-refractivity contribution in [2.75, 3.05) is 5.32 Å². The van der Waals surface area contributed by atoms with Gasteiger partial charge in [0.05, 0.1) is 5.25 Å². The predicted octanol–water partition coefficient (Wildman–Crippen LogP) is 4.78. The van der Waals surface area contributed by atoms with Gasteiger partial charge in [0, 0.05) is 11.6 Å². The highest BCUT2D eigenvalue weighted by molar-refractivity contribution is 8.01. The molecule has 1 aromatic carbocycles. The number of thioether (sulfide) groups is 1. The number of nitrogens with one attached hydrogen (secondary N) is 1. The van der Waals surface area contributed by atoms with Gasteiger partial charge in [-0.1, -0.05) is 48.2 Å². The minimum absolute atomic E-state index is 0.0278. The number of hydrogen-bond donors (Lipinski definition) is 1.